The van der Waals surface area contributed by atoms with Crippen molar-refractivity contribution in [3.05, 3.63) is 60.2 Å². The second kappa shape index (κ2) is 7.97. The van der Waals surface area contributed by atoms with E-state index in [1.807, 2.05) is 18.2 Å². The number of nitrogens with one attached hydrogen (secondary N) is 1. The minimum atomic E-state index is -0.654. The fourth-order valence-electron chi connectivity index (χ4n) is 3.13. The van der Waals surface area contributed by atoms with E-state index in [1.54, 1.807) is 37.6 Å². The molecule has 1 aliphatic carbocycles. The summed E-state index contributed by atoms with van der Waals surface area (Å²) in [6.45, 7) is 1.74. The summed E-state index contributed by atoms with van der Waals surface area (Å²) in [7, 11) is 0. The maximum atomic E-state index is 12.7. The largest absolute Gasteiger partial charge is 0.396 e. The molecular weight excluding hydrogens is 366 g/mol. The molecule has 1 atom stereocenters. The van der Waals surface area contributed by atoms with Crippen LogP contribution in [0.25, 0.3) is 22.5 Å². The van der Waals surface area contributed by atoms with Gasteiger partial charge in [0.15, 0.2) is 0 Å². The minimum Gasteiger partial charge on any atom is -0.396 e. The Morgan fingerprint density at radius 2 is 2.10 bits per heavy atom. The maximum Gasteiger partial charge on any atom is 0.253 e. The normalized spacial score (nSPS) is 14.4. The zero-order valence-corrected chi connectivity index (χ0v) is 16.2. The van der Waals surface area contributed by atoms with Gasteiger partial charge in [0.2, 0.25) is 0 Å². The molecule has 0 unspecified atom stereocenters. The Morgan fingerprint density at radius 3 is 2.72 bits per heavy atom. The zero-order valence-electron chi connectivity index (χ0n) is 16.2. The van der Waals surface area contributed by atoms with Crippen molar-refractivity contribution in [1.29, 1.82) is 0 Å². The van der Waals surface area contributed by atoms with E-state index in [0.29, 0.717) is 22.9 Å². The first-order chi connectivity index (χ1) is 14.0. The number of nitrogens with zero attached hydrogens (tertiary/aromatic N) is 3. The SMILES string of the molecule is C[C@H](O)CNC(=O)c1cc(-c2ccc(C3CC3)nc2)nc(-c2cccnc2)c1N. The Labute approximate surface area is 169 Å². The van der Waals surface area contributed by atoms with Crippen molar-refractivity contribution in [1.82, 2.24) is 20.3 Å². The van der Waals surface area contributed by atoms with Crippen LogP contribution in [0.3, 0.4) is 0 Å². The second-order valence-corrected chi connectivity index (χ2v) is 7.36. The molecule has 0 aliphatic heterocycles. The molecule has 4 N–H and O–H groups in total. The van der Waals surface area contributed by atoms with Crippen molar-refractivity contribution in [2.24, 2.45) is 0 Å². The van der Waals surface area contributed by atoms with Gasteiger partial charge in [0.25, 0.3) is 5.91 Å². The van der Waals surface area contributed by atoms with E-state index in [2.05, 4.69) is 15.3 Å². The molecule has 0 spiro atoms. The summed E-state index contributed by atoms with van der Waals surface area (Å²) in [5.41, 5.74) is 10.6. The van der Waals surface area contributed by atoms with Gasteiger partial charge >= 0.3 is 0 Å². The van der Waals surface area contributed by atoms with Crippen LogP contribution in [0.4, 0.5) is 5.69 Å². The number of amides is 1. The van der Waals surface area contributed by atoms with E-state index >= 15 is 0 Å². The molecule has 1 amide bonds. The molecule has 4 rings (SSSR count). The molecule has 0 radical (unpaired) electrons. The predicted molar refractivity (Wildman–Crippen MR) is 111 cm³/mol. The monoisotopic (exact) mass is 389 g/mol. The summed E-state index contributed by atoms with van der Waals surface area (Å²) in [6, 6.07) is 9.30. The van der Waals surface area contributed by atoms with E-state index in [4.69, 9.17) is 10.7 Å². The van der Waals surface area contributed by atoms with Crippen LogP contribution in [0, 0.1) is 0 Å². The summed E-state index contributed by atoms with van der Waals surface area (Å²) < 4.78 is 0. The number of aliphatic hydroxyl groups excluding tert-OH is 1. The van der Waals surface area contributed by atoms with E-state index in [-0.39, 0.29) is 18.1 Å². The second-order valence-electron chi connectivity index (χ2n) is 7.36. The molecule has 1 aliphatic rings. The molecule has 148 valence electrons. The standard InChI is InChI=1S/C22H23N5O2/c1-13(28)10-26-22(29)17-9-19(15-6-7-18(25-12-15)14-4-5-14)27-21(20(17)23)16-3-2-8-24-11-16/h2-3,6-9,11-14,28H,4-5,10,23H2,1H3,(H,26,29)/t13-/m0/s1. The smallest absolute Gasteiger partial charge is 0.253 e. The van der Waals surface area contributed by atoms with Crippen LogP contribution in [-0.4, -0.2) is 38.6 Å². The molecular formula is C22H23N5O2. The average molecular weight is 389 g/mol. The van der Waals surface area contributed by atoms with Crippen LogP contribution >= 0.6 is 0 Å². The summed E-state index contributed by atoms with van der Waals surface area (Å²) >= 11 is 0. The van der Waals surface area contributed by atoms with Gasteiger partial charge in [0.1, 0.15) is 0 Å². The van der Waals surface area contributed by atoms with Crippen molar-refractivity contribution in [3.63, 3.8) is 0 Å². The van der Waals surface area contributed by atoms with Crippen molar-refractivity contribution in [2.75, 3.05) is 12.3 Å². The highest BCUT2D eigenvalue weighted by Crippen LogP contribution is 2.39. The number of rotatable bonds is 6. The number of nitrogens with two attached hydrogens (primary N) is 1. The predicted octanol–water partition coefficient (Wildman–Crippen LogP) is 2.78. The molecule has 3 aromatic heterocycles. The van der Waals surface area contributed by atoms with E-state index in [0.717, 1.165) is 16.8 Å². The molecule has 3 aromatic rings. The van der Waals surface area contributed by atoms with Gasteiger partial charge in [0, 0.05) is 47.9 Å². The number of hydrogen-bond donors (Lipinski definition) is 3. The van der Waals surface area contributed by atoms with E-state index in [9.17, 15) is 9.90 Å². The first kappa shape index (κ1) is 19.0. The summed E-state index contributed by atoms with van der Waals surface area (Å²) in [5.74, 6) is 0.205. The van der Waals surface area contributed by atoms with Gasteiger partial charge in [-0.3, -0.25) is 14.8 Å². The lowest BCUT2D eigenvalue weighted by Gasteiger charge is -2.14. The highest BCUT2D eigenvalue weighted by atomic mass is 16.3. The first-order valence-electron chi connectivity index (χ1n) is 9.66. The first-order valence-corrected chi connectivity index (χ1v) is 9.66. The van der Waals surface area contributed by atoms with Crippen molar-refractivity contribution in [2.45, 2.75) is 31.8 Å². The van der Waals surface area contributed by atoms with Gasteiger partial charge in [-0.25, -0.2) is 4.98 Å². The molecule has 0 aromatic carbocycles. The van der Waals surface area contributed by atoms with Gasteiger partial charge in [-0.15, -0.1) is 0 Å². The number of pyridine rings is 3. The number of anilines is 1. The van der Waals surface area contributed by atoms with Crippen molar-refractivity contribution in [3.8, 4) is 22.5 Å². The lowest BCUT2D eigenvalue weighted by atomic mass is 10.0. The third-order valence-electron chi connectivity index (χ3n) is 4.87. The van der Waals surface area contributed by atoms with Gasteiger partial charge in [-0.1, -0.05) is 0 Å². The molecule has 1 fully saturated rings. The highest BCUT2D eigenvalue weighted by molar-refractivity contribution is 6.03. The van der Waals surface area contributed by atoms with Crippen LogP contribution in [-0.2, 0) is 0 Å². The van der Waals surface area contributed by atoms with Crippen LogP contribution in [0.5, 0.6) is 0 Å². The molecule has 0 bridgehead atoms. The quantitative estimate of drug-likeness (QED) is 0.597. The molecule has 1 saturated carbocycles. The van der Waals surface area contributed by atoms with Crippen LogP contribution in [0.2, 0.25) is 0 Å². The van der Waals surface area contributed by atoms with Crippen LogP contribution in [0.15, 0.2) is 48.9 Å². The number of hydrogen-bond acceptors (Lipinski definition) is 6. The molecule has 3 heterocycles. The van der Waals surface area contributed by atoms with Crippen LogP contribution in [0.1, 0.15) is 41.7 Å². The Bertz CT molecular complexity index is 1020. The fraction of sp³-hybridized carbons (Fsp3) is 0.273. The minimum absolute atomic E-state index is 0.135. The van der Waals surface area contributed by atoms with Gasteiger partial charge in [-0.2, -0.15) is 0 Å². The summed E-state index contributed by atoms with van der Waals surface area (Å²) in [6.07, 6.45) is 6.83. The van der Waals surface area contributed by atoms with Crippen LogP contribution < -0.4 is 11.1 Å². The number of nitrogen functional groups attached to an aromatic ring is 1. The van der Waals surface area contributed by atoms with Gasteiger partial charge < -0.3 is 16.2 Å². The van der Waals surface area contributed by atoms with E-state index in [1.165, 1.54) is 12.8 Å². The molecule has 7 heteroatoms. The number of aromatic nitrogens is 3. The van der Waals surface area contributed by atoms with Gasteiger partial charge in [-0.05, 0) is 50.1 Å². The number of aliphatic hydroxyl groups is 1. The van der Waals surface area contributed by atoms with Gasteiger partial charge in [0.05, 0.1) is 28.7 Å². The molecule has 29 heavy (non-hydrogen) atoms. The lowest BCUT2D eigenvalue weighted by Crippen LogP contribution is -2.31. The van der Waals surface area contributed by atoms with Crippen molar-refractivity contribution >= 4 is 11.6 Å². The summed E-state index contributed by atoms with van der Waals surface area (Å²) in [5, 5.41) is 12.2. The Morgan fingerprint density at radius 1 is 1.28 bits per heavy atom. The lowest BCUT2D eigenvalue weighted by molar-refractivity contribution is 0.0925. The topological polar surface area (TPSA) is 114 Å². The molecule has 7 nitrogen and oxygen atoms in total. The third-order valence-corrected chi connectivity index (χ3v) is 4.87. The zero-order chi connectivity index (χ0) is 20.4. The Balaban J connectivity index is 1.77. The van der Waals surface area contributed by atoms with E-state index < -0.39 is 6.10 Å². The van der Waals surface area contributed by atoms with Crippen molar-refractivity contribution < 1.29 is 9.90 Å². The Hall–Kier alpha value is -3.32. The third kappa shape index (κ3) is 4.25. The number of carbonyl (C=O) groups excluding carboxylic acids is 1. The molecule has 0 saturated heterocycles. The average Bonchev–Trinajstić information content (AvgIpc) is 3.58. The highest BCUT2D eigenvalue weighted by Gasteiger charge is 2.25. The fourth-order valence-corrected chi connectivity index (χ4v) is 3.13. The Kier molecular flexibility index (Phi) is 5.22. The maximum absolute atomic E-state index is 12.7. The number of carbonyl (C=O) groups is 1. The summed E-state index contributed by atoms with van der Waals surface area (Å²) in [4.78, 5) is 26.1.